The standard InChI is InChI=1S/C25H27ClN2O4S/c1-17-5-12-23(32-4)24(13-17)33(30,31)28(22-11-6-18(2)19(3)14-22)16-25(29)27-15-20-7-9-21(26)10-8-20/h5-14H,15-16H2,1-4H3,(H,27,29). The van der Waals surface area contributed by atoms with Gasteiger partial charge in [0.25, 0.3) is 10.0 Å². The topological polar surface area (TPSA) is 75.7 Å². The van der Waals surface area contributed by atoms with E-state index in [1.54, 1.807) is 61.5 Å². The van der Waals surface area contributed by atoms with Crippen LogP contribution in [-0.4, -0.2) is 28.0 Å². The second-order valence-corrected chi connectivity index (χ2v) is 10.1. The maximum Gasteiger partial charge on any atom is 0.268 e. The van der Waals surface area contributed by atoms with Gasteiger partial charge in [0.1, 0.15) is 17.2 Å². The second kappa shape index (κ2) is 10.3. The zero-order chi connectivity index (χ0) is 24.2. The van der Waals surface area contributed by atoms with E-state index in [1.165, 1.54) is 7.11 Å². The van der Waals surface area contributed by atoms with Gasteiger partial charge in [-0.2, -0.15) is 0 Å². The number of rotatable bonds is 8. The molecule has 3 aromatic rings. The molecule has 0 bridgehead atoms. The lowest BCUT2D eigenvalue weighted by Crippen LogP contribution is -2.40. The molecule has 0 saturated heterocycles. The molecule has 0 fully saturated rings. The number of hydrogen-bond donors (Lipinski definition) is 1. The lowest BCUT2D eigenvalue weighted by molar-refractivity contribution is -0.119. The number of benzene rings is 3. The monoisotopic (exact) mass is 486 g/mol. The number of anilines is 1. The number of aryl methyl sites for hydroxylation is 3. The van der Waals surface area contributed by atoms with Gasteiger partial charge in [-0.3, -0.25) is 9.10 Å². The summed E-state index contributed by atoms with van der Waals surface area (Å²) >= 11 is 5.91. The number of hydrogen-bond acceptors (Lipinski definition) is 4. The Morgan fingerprint density at radius 1 is 0.970 bits per heavy atom. The first-order valence-electron chi connectivity index (χ1n) is 10.4. The summed E-state index contributed by atoms with van der Waals surface area (Å²) in [5.74, 6) is -0.214. The maximum atomic E-state index is 13.8. The first kappa shape index (κ1) is 24.6. The van der Waals surface area contributed by atoms with Gasteiger partial charge >= 0.3 is 0 Å². The van der Waals surface area contributed by atoms with Gasteiger partial charge in [0.05, 0.1) is 12.8 Å². The summed E-state index contributed by atoms with van der Waals surface area (Å²) in [6.45, 7) is 5.52. The Hall–Kier alpha value is -3.03. The van der Waals surface area contributed by atoms with E-state index in [2.05, 4.69) is 5.32 Å². The number of amides is 1. The molecule has 6 nitrogen and oxygen atoms in total. The molecule has 0 spiro atoms. The third-order valence-electron chi connectivity index (χ3n) is 5.36. The van der Waals surface area contributed by atoms with Crippen molar-refractivity contribution in [3.05, 3.63) is 87.9 Å². The molecule has 33 heavy (non-hydrogen) atoms. The van der Waals surface area contributed by atoms with Crippen molar-refractivity contribution < 1.29 is 17.9 Å². The number of nitrogens with one attached hydrogen (secondary N) is 1. The van der Waals surface area contributed by atoms with E-state index in [0.29, 0.717) is 10.7 Å². The summed E-state index contributed by atoms with van der Waals surface area (Å²) in [5.41, 5.74) is 3.97. The van der Waals surface area contributed by atoms with Gasteiger partial charge in [-0.05, 0) is 79.4 Å². The molecule has 0 saturated carbocycles. The Morgan fingerprint density at radius 2 is 1.67 bits per heavy atom. The molecule has 0 aliphatic rings. The molecule has 8 heteroatoms. The van der Waals surface area contributed by atoms with Crippen molar-refractivity contribution in [2.75, 3.05) is 18.0 Å². The molecule has 0 aliphatic carbocycles. The van der Waals surface area contributed by atoms with E-state index in [0.717, 1.165) is 26.6 Å². The van der Waals surface area contributed by atoms with Gasteiger partial charge in [0, 0.05) is 11.6 Å². The highest BCUT2D eigenvalue weighted by Gasteiger charge is 2.30. The van der Waals surface area contributed by atoms with Crippen LogP contribution in [0.25, 0.3) is 0 Å². The minimum atomic E-state index is -4.10. The van der Waals surface area contributed by atoms with E-state index < -0.39 is 15.9 Å². The van der Waals surface area contributed by atoms with Crippen LogP contribution in [-0.2, 0) is 21.4 Å². The molecular weight excluding hydrogens is 460 g/mol. The van der Waals surface area contributed by atoms with Gasteiger partial charge in [0.2, 0.25) is 5.91 Å². The van der Waals surface area contributed by atoms with E-state index >= 15 is 0 Å². The summed E-state index contributed by atoms with van der Waals surface area (Å²) in [6.07, 6.45) is 0. The van der Waals surface area contributed by atoms with Crippen LogP contribution in [0.4, 0.5) is 5.69 Å². The highest BCUT2D eigenvalue weighted by atomic mass is 35.5. The molecule has 0 radical (unpaired) electrons. The number of halogens is 1. The Balaban J connectivity index is 1.96. The summed E-state index contributed by atoms with van der Waals surface area (Å²) in [6, 6.07) is 17.3. The normalized spacial score (nSPS) is 11.2. The molecule has 3 rings (SSSR count). The molecule has 0 heterocycles. The first-order valence-corrected chi connectivity index (χ1v) is 12.2. The Bertz CT molecular complexity index is 1260. The average molecular weight is 487 g/mol. The lowest BCUT2D eigenvalue weighted by Gasteiger charge is -2.26. The zero-order valence-corrected chi connectivity index (χ0v) is 20.6. The predicted molar refractivity (Wildman–Crippen MR) is 131 cm³/mol. The lowest BCUT2D eigenvalue weighted by atomic mass is 10.1. The third-order valence-corrected chi connectivity index (χ3v) is 7.40. The average Bonchev–Trinajstić information content (AvgIpc) is 2.79. The van der Waals surface area contributed by atoms with E-state index in [4.69, 9.17) is 16.3 Å². The number of ether oxygens (including phenoxy) is 1. The maximum absolute atomic E-state index is 13.8. The van der Waals surface area contributed by atoms with Crippen LogP contribution in [0.3, 0.4) is 0 Å². The Morgan fingerprint density at radius 3 is 2.30 bits per heavy atom. The largest absolute Gasteiger partial charge is 0.495 e. The predicted octanol–water partition coefficient (Wildman–Crippen LogP) is 4.79. The number of carbonyl (C=O) groups is 1. The molecular formula is C25H27ClN2O4S. The van der Waals surface area contributed by atoms with Crippen LogP contribution in [0, 0.1) is 20.8 Å². The molecule has 3 aromatic carbocycles. The Kier molecular flexibility index (Phi) is 7.66. The molecule has 0 unspecified atom stereocenters. The van der Waals surface area contributed by atoms with Gasteiger partial charge in [-0.1, -0.05) is 35.9 Å². The van der Waals surface area contributed by atoms with Crippen molar-refractivity contribution >= 4 is 33.2 Å². The summed E-state index contributed by atoms with van der Waals surface area (Å²) in [4.78, 5) is 12.9. The fourth-order valence-corrected chi connectivity index (χ4v) is 5.07. The van der Waals surface area contributed by atoms with E-state index in [9.17, 15) is 13.2 Å². The number of nitrogens with zero attached hydrogens (tertiary/aromatic N) is 1. The highest BCUT2D eigenvalue weighted by Crippen LogP contribution is 2.31. The van der Waals surface area contributed by atoms with Crippen molar-refractivity contribution in [2.45, 2.75) is 32.2 Å². The van der Waals surface area contributed by atoms with Crippen molar-refractivity contribution in [2.24, 2.45) is 0 Å². The van der Waals surface area contributed by atoms with Gasteiger partial charge in [0.15, 0.2) is 0 Å². The van der Waals surface area contributed by atoms with Crippen LogP contribution in [0.5, 0.6) is 5.75 Å². The minimum absolute atomic E-state index is 0.00808. The van der Waals surface area contributed by atoms with Crippen LogP contribution >= 0.6 is 11.6 Å². The second-order valence-electron chi connectivity index (χ2n) is 7.84. The summed E-state index contributed by atoms with van der Waals surface area (Å²) in [7, 11) is -2.68. The quantitative estimate of drug-likeness (QED) is 0.497. The van der Waals surface area contributed by atoms with Crippen molar-refractivity contribution in [1.82, 2.24) is 5.32 Å². The number of methoxy groups -OCH3 is 1. The third kappa shape index (κ3) is 5.86. The fraction of sp³-hybridized carbons (Fsp3) is 0.240. The van der Waals surface area contributed by atoms with Gasteiger partial charge in [-0.25, -0.2) is 8.42 Å². The SMILES string of the molecule is COc1ccc(C)cc1S(=O)(=O)N(CC(=O)NCc1ccc(Cl)cc1)c1ccc(C)c(C)c1. The highest BCUT2D eigenvalue weighted by molar-refractivity contribution is 7.93. The summed E-state index contributed by atoms with van der Waals surface area (Å²) < 4.78 is 34.0. The molecule has 0 aromatic heterocycles. The molecule has 1 amide bonds. The van der Waals surface area contributed by atoms with Crippen molar-refractivity contribution in [3.63, 3.8) is 0 Å². The molecule has 174 valence electrons. The van der Waals surface area contributed by atoms with E-state index in [1.807, 2.05) is 19.9 Å². The van der Waals surface area contributed by atoms with Crippen LogP contribution in [0.1, 0.15) is 22.3 Å². The molecule has 1 N–H and O–H groups in total. The number of sulfonamides is 1. The first-order chi connectivity index (χ1) is 15.6. The molecule has 0 atom stereocenters. The molecule has 0 aliphatic heterocycles. The fourth-order valence-electron chi connectivity index (χ4n) is 3.29. The van der Waals surface area contributed by atoms with Gasteiger partial charge in [-0.15, -0.1) is 0 Å². The number of carbonyl (C=O) groups excluding carboxylic acids is 1. The summed E-state index contributed by atoms with van der Waals surface area (Å²) in [5, 5.41) is 3.39. The minimum Gasteiger partial charge on any atom is -0.495 e. The van der Waals surface area contributed by atoms with Crippen molar-refractivity contribution in [1.29, 1.82) is 0 Å². The van der Waals surface area contributed by atoms with E-state index in [-0.39, 0.29) is 23.7 Å². The van der Waals surface area contributed by atoms with Crippen LogP contribution in [0.15, 0.2) is 65.6 Å². The van der Waals surface area contributed by atoms with Crippen LogP contribution in [0.2, 0.25) is 5.02 Å². The van der Waals surface area contributed by atoms with Gasteiger partial charge < -0.3 is 10.1 Å². The zero-order valence-electron chi connectivity index (χ0n) is 19.1. The van der Waals surface area contributed by atoms with Crippen molar-refractivity contribution in [3.8, 4) is 5.75 Å². The van der Waals surface area contributed by atoms with Crippen LogP contribution < -0.4 is 14.4 Å². The Labute approximate surface area is 200 Å². The smallest absolute Gasteiger partial charge is 0.268 e.